The molecule has 1 N–H and O–H groups in total. The summed E-state index contributed by atoms with van der Waals surface area (Å²) < 4.78 is 6.50. The van der Waals surface area contributed by atoms with Gasteiger partial charge in [0.25, 0.3) is 0 Å². The van der Waals surface area contributed by atoms with E-state index in [9.17, 15) is 5.11 Å². The summed E-state index contributed by atoms with van der Waals surface area (Å²) in [6, 6.07) is 5.87. The Balaban J connectivity index is 2.63. The summed E-state index contributed by atoms with van der Waals surface area (Å²) in [5.41, 5.74) is 1.04. The second kappa shape index (κ2) is 6.83. The summed E-state index contributed by atoms with van der Waals surface area (Å²) in [7, 11) is 1.66. The van der Waals surface area contributed by atoms with Crippen molar-refractivity contribution in [2.75, 3.05) is 12.9 Å². The lowest BCUT2D eigenvalue weighted by atomic mass is 10.1. The highest BCUT2D eigenvalue weighted by atomic mass is 79.9. The highest BCUT2D eigenvalue weighted by molar-refractivity contribution is 9.10. The minimum Gasteiger partial charge on any atom is -0.496 e. The largest absolute Gasteiger partial charge is 0.496 e. The van der Waals surface area contributed by atoms with E-state index < -0.39 is 0 Å². The van der Waals surface area contributed by atoms with Crippen LogP contribution in [0.4, 0.5) is 0 Å². The molecule has 18 heavy (non-hydrogen) atoms. The third kappa shape index (κ3) is 5.63. The summed E-state index contributed by atoms with van der Waals surface area (Å²) in [5, 5.41) is 10.1. The monoisotopic (exact) mass is 332 g/mol. The minimum absolute atomic E-state index is 0.183. The summed E-state index contributed by atoms with van der Waals surface area (Å²) in [6.07, 6.45) is 0.267. The Morgan fingerprint density at radius 3 is 2.61 bits per heavy atom. The summed E-state index contributed by atoms with van der Waals surface area (Å²) in [5.74, 6) is 1.57. The molecule has 0 spiro atoms. The van der Waals surface area contributed by atoms with Crippen LogP contribution < -0.4 is 4.74 Å². The number of thioether (sulfide) groups is 1. The normalized spacial score (nSPS) is 13.4. The summed E-state index contributed by atoms with van der Waals surface area (Å²) >= 11 is 5.22. The van der Waals surface area contributed by atoms with Gasteiger partial charge in [-0.2, -0.15) is 11.8 Å². The van der Waals surface area contributed by atoms with E-state index in [-0.39, 0.29) is 10.9 Å². The lowest BCUT2D eigenvalue weighted by molar-refractivity contribution is 0.198. The Labute approximate surface area is 122 Å². The lowest BCUT2D eigenvalue weighted by Gasteiger charge is -2.20. The maximum Gasteiger partial charge on any atom is 0.122 e. The van der Waals surface area contributed by atoms with Crippen LogP contribution in [0.5, 0.6) is 5.75 Å². The molecule has 0 radical (unpaired) electrons. The van der Waals surface area contributed by atoms with Gasteiger partial charge in [-0.3, -0.25) is 0 Å². The average molecular weight is 333 g/mol. The Hall–Kier alpha value is -0.190. The SMILES string of the molecule is COc1ccc(Br)cc1CC(O)CSC(C)(C)C. The third-order valence-electron chi connectivity index (χ3n) is 2.41. The average Bonchev–Trinajstić information content (AvgIpc) is 2.26. The third-order valence-corrected chi connectivity index (χ3v) is 4.32. The van der Waals surface area contributed by atoms with E-state index in [0.29, 0.717) is 6.42 Å². The van der Waals surface area contributed by atoms with Crippen molar-refractivity contribution in [2.24, 2.45) is 0 Å². The smallest absolute Gasteiger partial charge is 0.122 e. The standard InChI is InChI=1S/C14H21BrO2S/c1-14(2,3)18-9-12(16)8-10-7-11(15)5-6-13(10)17-4/h5-7,12,16H,8-9H2,1-4H3. The number of hydrogen-bond donors (Lipinski definition) is 1. The van der Waals surface area contributed by atoms with Crippen LogP contribution in [0.2, 0.25) is 0 Å². The number of rotatable bonds is 5. The minimum atomic E-state index is -0.350. The first-order valence-corrected chi connectivity index (χ1v) is 7.74. The fourth-order valence-corrected chi connectivity index (χ4v) is 2.78. The Morgan fingerprint density at radius 2 is 2.06 bits per heavy atom. The number of benzene rings is 1. The van der Waals surface area contributed by atoms with E-state index in [4.69, 9.17) is 4.74 Å². The molecular weight excluding hydrogens is 312 g/mol. The van der Waals surface area contributed by atoms with Gasteiger partial charge in [0, 0.05) is 21.4 Å². The number of aliphatic hydroxyl groups excluding tert-OH is 1. The molecule has 102 valence electrons. The molecular formula is C14H21BrO2S. The van der Waals surface area contributed by atoms with Crippen molar-refractivity contribution in [3.63, 3.8) is 0 Å². The first kappa shape index (κ1) is 15.9. The number of halogens is 1. The molecule has 1 aromatic carbocycles. The van der Waals surface area contributed by atoms with E-state index >= 15 is 0 Å². The molecule has 2 nitrogen and oxygen atoms in total. The van der Waals surface area contributed by atoms with Gasteiger partial charge in [-0.05, 0) is 23.8 Å². The quantitative estimate of drug-likeness (QED) is 0.886. The second-order valence-electron chi connectivity index (χ2n) is 5.24. The molecule has 0 aromatic heterocycles. The molecule has 0 aliphatic rings. The predicted octanol–water partition coefficient (Wildman–Crippen LogP) is 3.89. The van der Waals surface area contributed by atoms with Crippen LogP contribution in [-0.2, 0) is 6.42 Å². The molecule has 0 aliphatic carbocycles. The first-order valence-electron chi connectivity index (χ1n) is 5.96. The van der Waals surface area contributed by atoms with Crippen LogP contribution in [0.1, 0.15) is 26.3 Å². The fourth-order valence-electron chi connectivity index (χ4n) is 1.57. The molecule has 0 amide bonds. The van der Waals surface area contributed by atoms with Gasteiger partial charge in [-0.1, -0.05) is 36.7 Å². The van der Waals surface area contributed by atoms with Gasteiger partial charge in [0.05, 0.1) is 13.2 Å². The van der Waals surface area contributed by atoms with Crippen molar-refractivity contribution in [1.82, 2.24) is 0 Å². The van der Waals surface area contributed by atoms with Crippen molar-refractivity contribution < 1.29 is 9.84 Å². The van der Waals surface area contributed by atoms with Gasteiger partial charge in [0.2, 0.25) is 0 Å². The zero-order chi connectivity index (χ0) is 13.8. The molecule has 1 aromatic rings. The van der Waals surface area contributed by atoms with E-state index in [1.54, 1.807) is 18.9 Å². The maximum atomic E-state index is 10.1. The molecule has 0 saturated carbocycles. The molecule has 0 fully saturated rings. The Morgan fingerprint density at radius 1 is 1.39 bits per heavy atom. The van der Waals surface area contributed by atoms with Gasteiger partial charge in [-0.15, -0.1) is 0 Å². The molecule has 0 bridgehead atoms. The summed E-state index contributed by atoms with van der Waals surface area (Å²) in [4.78, 5) is 0. The molecule has 1 rings (SSSR count). The van der Waals surface area contributed by atoms with Crippen LogP contribution in [-0.4, -0.2) is 28.8 Å². The number of ether oxygens (including phenoxy) is 1. The van der Waals surface area contributed by atoms with Crippen LogP contribution in [0.15, 0.2) is 22.7 Å². The molecule has 1 atom stereocenters. The molecule has 4 heteroatoms. The van der Waals surface area contributed by atoms with E-state index in [1.165, 1.54) is 0 Å². The second-order valence-corrected chi connectivity index (χ2v) is 8.00. The van der Waals surface area contributed by atoms with Crippen molar-refractivity contribution >= 4 is 27.7 Å². The number of methoxy groups -OCH3 is 1. The molecule has 0 saturated heterocycles. The van der Waals surface area contributed by atoms with Crippen LogP contribution in [0, 0.1) is 0 Å². The van der Waals surface area contributed by atoms with Gasteiger partial charge < -0.3 is 9.84 Å². The predicted molar refractivity (Wildman–Crippen MR) is 82.6 cm³/mol. The zero-order valence-electron chi connectivity index (χ0n) is 11.4. The molecule has 1 unspecified atom stereocenters. The van der Waals surface area contributed by atoms with Gasteiger partial charge in [0.1, 0.15) is 5.75 Å². The van der Waals surface area contributed by atoms with Gasteiger partial charge in [-0.25, -0.2) is 0 Å². The van der Waals surface area contributed by atoms with Crippen molar-refractivity contribution in [1.29, 1.82) is 0 Å². The lowest BCUT2D eigenvalue weighted by Crippen LogP contribution is -2.19. The van der Waals surface area contributed by atoms with Gasteiger partial charge >= 0.3 is 0 Å². The fraction of sp³-hybridized carbons (Fsp3) is 0.571. The highest BCUT2D eigenvalue weighted by Gasteiger charge is 2.16. The Kier molecular flexibility index (Phi) is 6.02. The van der Waals surface area contributed by atoms with Crippen LogP contribution in [0.3, 0.4) is 0 Å². The van der Waals surface area contributed by atoms with E-state index in [2.05, 4.69) is 36.7 Å². The topological polar surface area (TPSA) is 29.5 Å². The zero-order valence-corrected chi connectivity index (χ0v) is 13.8. The summed E-state index contributed by atoms with van der Waals surface area (Å²) in [6.45, 7) is 6.47. The van der Waals surface area contributed by atoms with Crippen molar-refractivity contribution in [3.05, 3.63) is 28.2 Å². The van der Waals surface area contributed by atoms with Crippen LogP contribution >= 0.6 is 27.7 Å². The van der Waals surface area contributed by atoms with E-state index in [0.717, 1.165) is 21.5 Å². The number of aliphatic hydroxyl groups is 1. The molecule has 0 heterocycles. The first-order chi connectivity index (χ1) is 8.31. The van der Waals surface area contributed by atoms with Crippen molar-refractivity contribution in [3.8, 4) is 5.75 Å². The van der Waals surface area contributed by atoms with Gasteiger partial charge in [0.15, 0.2) is 0 Å². The number of hydrogen-bond acceptors (Lipinski definition) is 3. The molecule has 0 aliphatic heterocycles. The van der Waals surface area contributed by atoms with E-state index in [1.807, 2.05) is 18.2 Å². The van der Waals surface area contributed by atoms with Crippen molar-refractivity contribution in [2.45, 2.75) is 38.0 Å². The maximum absolute atomic E-state index is 10.1. The van der Waals surface area contributed by atoms with Crippen LogP contribution in [0.25, 0.3) is 0 Å². The highest BCUT2D eigenvalue weighted by Crippen LogP contribution is 2.27. The Bertz CT molecular complexity index is 388.